The van der Waals surface area contributed by atoms with Crippen LogP contribution in [-0.4, -0.2) is 36.6 Å². The van der Waals surface area contributed by atoms with Crippen molar-refractivity contribution in [1.82, 2.24) is 0 Å². The third kappa shape index (κ3) is 5.69. The molecule has 1 atom stereocenters. The van der Waals surface area contributed by atoms with E-state index >= 15 is 0 Å². The van der Waals surface area contributed by atoms with Gasteiger partial charge in [0.2, 0.25) is 5.78 Å². The Bertz CT molecular complexity index is 518. The van der Waals surface area contributed by atoms with Crippen LogP contribution in [0.4, 0.5) is 0 Å². The Morgan fingerprint density at radius 3 is 2.39 bits per heavy atom. The van der Waals surface area contributed by atoms with Gasteiger partial charge in [-0.1, -0.05) is 43.5 Å². The van der Waals surface area contributed by atoms with E-state index in [1.165, 1.54) is 44.8 Å². The van der Waals surface area contributed by atoms with Crippen LogP contribution >= 0.6 is 0 Å². The normalized spacial score (nSPS) is 16.8. The fourth-order valence-corrected chi connectivity index (χ4v) is 4.39. The van der Waals surface area contributed by atoms with Gasteiger partial charge in [-0.3, -0.25) is 9.59 Å². The third-order valence-electron chi connectivity index (χ3n) is 4.57. The molecule has 0 spiro atoms. The zero-order valence-corrected chi connectivity index (χ0v) is 15.0. The maximum absolute atomic E-state index is 12.3. The highest BCUT2D eigenvalue weighted by Gasteiger charge is 2.21. The first-order valence-electron chi connectivity index (χ1n) is 8.39. The van der Waals surface area contributed by atoms with E-state index in [-0.39, 0.29) is 22.6 Å². The molecule has 1 saturated carbocycles. The lowest BCUT2D eigenvalue weighted by atomic mass is 9.84. The molecule has 3 nitrogen and oxygen atoms in total. The predicted octanol–water partition coefficient (Wildman–Crippen LogP) is 3.73. The zero-order valence-electron chi connectivity index (χ0n) is 14.2. The van der Waals surface area contributed by atoms with Crippen molar-refractivity contribution in [3.8, 4) is 0 Å². The number of hydrogen-bond donors (Lipinski definition) is 0. The first-order chi connectivity index (χ1) is 11.1. The summed E-state index contributed by atoms with van der Waals surface area (Å²) >= 11 is 0. The smallest absolute Gasteiger partial charge is 0.310 e. The number of carbonyl (C=O) groups is 2. The number of rotatable bonds is 7. The fourth-order valence-electron chi connectivity index (χ4n) is 3.12. The van der Waals surface area contributed by atoms with Gasteiger partial charge in [0.25, 0.3) is 0 Å². The van der Waals surface area contributed by atoms with Gasteiger partial charge in [-0.15, -0.1) is 0 Å². The largest absolute Gasteiger partial charge is 0.469 e. The molecular weight excluding hydrogens is 308 g/mol. The molecule has 1 aromatic rings. The number of benzene rings is 1. The van der Waals surface area contributed by atoms with Crippen LogP contribution in [0.3, 0.4) is 0 Å². The molecule has 1 aliphatic rings. The Morgan fingerprint density at radius 2 is 1.78 bits per heavy atom. The summed E-state index contributed by atoms with van der Waals surface area (Å²) in [6, 6.07) is 8.21. The summed E-state index contributed by atoms with van der Waals surface area (Å²) in [5.41, 5.74) is 2.17. The first kappa shape index (κ1) is 18.1. The SMILES string of the molecule is COC(=O)CC[S+](C)CC(=O)c1ccc(C2CCCCC2)cc1. The van der Waals surface area contributed by atoms with E-state index in [2.05, 4.69) is 16.9 Å². The van der Waals surface area contributed by atoms with Crippen LogP contribution in [0.1, 0.15) is 60.4 Å². The second kappa shape index (κ2) is 9.11. The number of ketones is 1. The van der Waals surface area contributed by atoms with Gasteiger partial charge in [0, 0.05) is 5.56 Å². The number of hydrogen-bond acceptors (Lipinski definition) is 3. The molecule has 0 N–H and O–H groups in total. The fraction of sp³-hybridized carbons (Fsp3) is 0.579. The van der Waals surface area contributed by atoms with Crippen molar-refractivity contribution in [2.75, 3.05) is 24.9 Å². The molecule has 4 heteroatoms. The molecule has 1 fully saturated rings. The molecule has 0 heterocycles. The third-order valence-corrected chi connectivity index (χ3v) is 6.23. The minimum absolute atomic E-state index is 0.0828. The summed E-state index contributed by atoms with van der Waals surface area (Å²) in [7, 11) is 1.32. The van der Waals surface area contributed by atoms with Crippen molar-refractivity contribution in [3.63, 3.8) is 0 Å². The Balaban J connectivity index is 1.85. The molecule has 0 aliphatic heterocycles. The quantitative estimate of drug-likeness (QED) is 0.433. The summed E-state index contributed by atoms with van der Waals surface area (Å²) in [4.78, 5) is 23.5. The molecular formula is C19H27O3S+. The predicted molar refractivity (Wildman–Crippen MR) is 96.3 cm³/mol. The Kier molecular flexibility index (Phi) is 7.15. The van der Waals surface area contributed by atoms with Crippen LogP contribution in [0.15, 0.2) is 24.3 Å². The van der Waals surface area contributed by atoms with Gasteiger partial charge >= 0.3 is 5.97 Å². The Morgan fingerprint density at radius 1 is 1.13 bits per heavy atom. The minimum Gasteiger partial charge on any atom is -0.469 e. The minimum atomic E-state index is -0.200. The molecule has 0 aromatic heterocycles. The van der Waals surface area contributed by atoms with E-state index in [0.717, 1.165) is 11.3 Å². The summed E-state index contributed by atoms with van der Waals surface area (Å²) in [5, 5.41) is 0. The summed E-state index contributed by atoms with van der Waals surface area (Å²) in [6.45, 7) is 0. The number of ether oxygens (including phenoxy) is 1. The molecule has 0 amide bonds. The van der Waals surface area contributed by atoms with Crippen molar-refractivity contribution in [2.45, 2.75) is 44.4 Å². The second-order valence-electron chi connectivity index (χ2n) is 6.34. The van der Waals surface area contributed by atoms with Crippen LogP contribution < -0.4 is 0 Å². The van der Waals surface area contributed by atoms with Crippen molar-refractivity contribution in [2.24, 2.45) is 0 Å². The molecule has 126 valence electrons. The maximum atomic E-state index is 12.3. The van der Waals surface area contributed by atoms with Crippen LogP contribution in [0.25, 0.3) is 0 Å². The lowest BCUT2D eigenvalue weighted by molar-refractivity contribution is -0.140. The van der Waals surface area contributed by atoms with Crippen LogP contribution in [-0.2, 0) is 20.4 Å². The highest BCUT2D eigenvalue weighted by molar-refractivity contribution is 7.96. The van der Waals surface area contributed by atoms with Crippen LogP contribution in [0.2, 0.25) is 0 Å². The molecule has 1 aliphatic carbocycles. The van der Waals surface area contributed by atoms with E-state index in [4.69, 9.17) is 0 Å². The number of esters is 1. The lowest BCUT2D eigenvalue weighted by Crippen LogP contribution is -2.20. The number of methoxy groups -OCH3 is 1. The van der Waals surface area contributed by atoms with E-state index in [1.54, 1.807) is 0 Å². The van der Waals surface area contributed by atoms with Crippen molar-refractivity contribution in [1.29, 1.82) is 0 Å². The van der Waals surface area contributed by atoms with Gasteiger partial charge < -0.3 is 4.74 Å². The molecule has 0 bridgehead atoms. The van der Waals surface area contributed by atoms with Gasteiger partial charge in [-0.05, 0) is 35.2 Å². The topological polar surface area (TPSA) is 43.4 Å². The van der Waals surface area contributed by atoms with Gasteiger partial charge in [0.15, 0.2) is 5.75 Å². The first-order valence-corrected chi connectivity index (χ1v) is 10.4. The van der Waals surface area contributed by atoms with E-state index in [9.17, 15) is 9.59 Å². The van der Waals surface area contributed by atoms with E-state index in [1.807, 2.05) is 18.4 Å². The average Bonchev–Trinajstić information content (AvgIpc) is 2.60. The molecule has 0 radical (unpaired) electrons. The lowest BCUT2D eigenvalue weighted by Gasteiger charge is -2.22. The molecule has 0 saturated heterocycles. The van der Waals surface area contributed by atoms with Crippen LogP contribution in [0, 0.1) is 0 Å². The van der Waals surface area contributed by atoms with Crippen molar-refractivity contribution >= 4 is 22.6 Å². The summed E-state index contributed by atoms with van der Waals surface area (Å²) in [6.07, 6.45) is 8.99. The monoisotopic (exact) mass is 335 g/mol. The van der Waals surface area contributed by atoms with Gasteiger partial charge in [-0.2, -0.15) is 0 Å². The van der Waals surface area contributed by atoms with Crippen LogP contribution in [0.5, 0.6) is 0 Å². The van der Waals surface area contributed by atoms with Gasteiger partial charge in [0.05, 0.1) is 19.8 Å². The standard InChI is InChI=1S/C19H27O3S/c1-22-19(21)12-13-23(2)14-18(20)17-10-8-16(9-11-17)15-6-4-3-5-7-15/h8-11,15H,3-7,12-14H2,1-2H3/q+1. The van der Waals surface area contributed by atoms with E-state index in [0.29, 0.717) is 18.1 Å². The van der Waals surface area contributed by atoms with Crippen molar-refractivity contribution in [3.05, 3.63) is 35.4 Å². The second-order valence-corrected chi connectivity index (χ2v) is 8.60. The average molecular weight is 335 g/mol. The van der Waals surface area contributed by atoms with Gasteiger partial charge in [-0.25, -0.2) is 0 Å². The Hall–Kier alpha value is -1.29. The highest BCUT2D eigenvalue weighted by atomic mass is 32.2. The number of Topliss-reactive ketones (excluding diaryl/α,β-unsaturated/α-hetero) is 1. The summed E-state index contributed by atoms with van der Waals surface area (Å²) < 4.78 is 4.64. The molecule has 1 unspecified atom stereocenters. The summed E-state index contributed by atoms with van der Waals surface area (Å²) in [5.74, 6) is 1.89. The molecule has 23 heavy (non-hydrogen) atoms. The highest BCUT2D eigenvalue weighted by Crippen LogP contribution is 2.32. The molecule has 2 rings (SSSR count). The number of carbonyl (C=O) groups excluding carboxylic acids is 2. The maximum Gasteiger partial charge on any atom is 0.310 e. The Labute approximate surface area is 142 Å². The molecule has 1 aromatic carbocycles. The van der Waals surface area contributed by atoms with E-state index < -0.39 is 0 Å². The van der Waals surface area contributed by atoms with Crippen molar-refractivity contribution < 1.29 is 14.3 Å². The zero-order chi connectivity index (χ0) is 16.7. The van der Waals surface area contributed by atoms with Gasteiger partial charge in [0.1, 0.15) is 5.75 Å².